The Bertz CT molecular complexity index is 472. The highest BCUT2D eigenvalue weighted by Gasteiger charge is 2.46. The summed E-state index contributed by atoms with van der Waals surface area (Å²) in [5.41, 5.74) is 7.02. The Labute approximate surface area is 110 Å². The number of carbonyl (C=O) groups excluding carboxylic acids is 1. The number of nitrogens with zero attached hydrogens (tertiary/aromatic N) is 1. The van der Waals surface area contributed by atoms with Crippen LogP contribution in [0.15, 0.2) is 24.3 Å². The molecule has 2 N–H and O–H groups in total. The van der Waals surface area contributed by atoms with E-state index in [-0.39, 0.29) is 11.7 Å². The second-order valence-electron chi connectivity index (χ2n) is 4.81. The van der Waals surface area contributed by atoms with Gasteiger partial charge in [0.2, 0.25) is 0 Å². The van der Waals surface area contributed by atoms with Crippen molar-refractivity contribution in [2.24, 2.45) is 0 Å². The van der Waals surface area contributed by atoms with Crippen molar-refractivity contribution in [1.29, 1.82) is 0 Å². The maximum atomic E-state index is 12.0. The SMILES string of the molecule is Nc1ccccc1N1CC2(CCSCC2)OC1=O. The van der Waals surface area contributed by atoms with E-state index in [1.165, 1.54) is 0 Å². The van der Waals surface area contributed by atoms with Gasteiger partial charge in [0.25, 0.3) is 0 Å². The molecule has 4 nitrogen and oxygen atoms in total. The van der Waals surface area contributed by atoms with E-state index in [1.54, 1.807) is 4.90 Å². The van der Waals surface area contributed by atoms with Gasteiger partial charge in [0.15, 0.2) is 0 Å². The minimum Gasteiger partial charge on any atom is -0.441 e. The molecule has 0 unspecified atom stereocenters. The molecule has 0 atom stereocenters. The molecular formula is C13H16N2O2S. The number of benzene rings is 1. The Balaban J connectivity index is 1.87. The molecule has 1 aromatic rings. The van der Waals surface area contributed by atoms with Crippen LogP contribution < -0.4 is 10.6 Å². The number of amides is 1. The van der Waals surface area contributed by atoms with E-state index < -0.39 is 0 Å². The van der Waals surface area contributed by atoms with Crippen molar-refractivity contribution in [2.45, 2.75) is 18.4 Å². The molecule has 3 rings (SSSR count). The van der Waals surface area contributed by atoms with Crippen molar-refractivity contribution in [3.05, 3.63) is 24.3 Å². The molecule has 1 spiro atoms. The number of rotatable bonds is 1. The highest BCUT2D eigenvalue weighted by Crippen LogP contribution is 2.39. The number of nitrogen functional groups attached to an aromatic ring is 1. The number of hydrogen-bond acceptors (Lipinski definition) is 4. The van der Waals surface area contributed by atoms with Gasteiger partial charge in [-0.1, -0.05) is 12.1 Å². The number of nitrogens with two attached hydrogens (primary N) is 1. The third-order valence-corrected chi connectivity index (χ3v) is 4.59. The van der Waals surface area contributed by atoms with Gasteiger partial charge in [-0.05, 0) is 36.5 Å². The van der Waals surface area contributed by atoms with Gasteiger partial charge in [-0.15, -0.1) is 0 Å². The minimum absolute atomic E-state index is 0.264. The van der Waals surface area contributed by atoms with Crippen LogP contribution in [0.3, 0.4) is 0 Å². The molecule has 5 heteroatoms. The van der Waals surface area contributed by atoms with Gasteiger partial charge in [-0.3, -0.25) is 4.90 Å². The van der Waals surface area contributed by atoms with Gasteiger partial charge in [-0.25, -0.2) is 4.79 Å². The molecule has 1 amide bonds. The highest BCUT2D eigenvalue weighted by molar-refractivity contribution is 7.99. The van der Waals surface area contributed by atoms with Gasteiger partial charge in [0, 0.05) is 0 Å². The quantitative estimate of drug-likeness (QED) is 0.792. The lowest BCUT2D eigenvalue weighted by molar-refractivity contribution is 0.0502. The van der Waals surface area contributed by atoms with Crippen LogP contribution in [-0.4, -0.2) is 29.7 Å². The molecule has 0 radical (unpaired) electrons. The fourth-order valence-corrected chi connectivity index (χ4v) is 3.78. The first-order valence-electron chi connectivity index (χ1n) is 6.13. The zero-order valence-corrected chi connectivity index (χ0v) is 10.9. The van der Waals surface area contributed by atoms with E-state index in [0.29, 0.717) is 12.2 Å². The van der Waals surface area contributed by atoms with Crippen molar-refractivity contribution in [1.82, 2.24) is 0 Å². The summed E-state index contributed by atoms with van der Waals surface area (Å²) in [6.07, 6.45) is 1.61. The smallest absolute Gasteiger partial charge is 0.415 e. The largest absolute Gasteiger partial charge is 0.441 e. The first kappa shape index (κ1) is 11.7. The number of carbonyl (C=O) groups is 1. The average molecular weight is 264 g/mol. The molecule has 18 heavy (non-hydrogen) atoms. The van der Waals surface area contributed by atoms with E-state index >= 15 is 0 Å². The van der Waals surface area contributed by atoms with E-state index in [4.69, 9.17) is 10.5 Å². The lowest BCUT2D eigenvalue weighted by atomic mass is 9.97. The lowest BCUT2D eigenvalue weighted by Crippen LogP contribution is -2.38. The average Bonchev–Trinajstić information content (AvgIpc) is 2.67. The number of ether oxygens (including phenoxy) is 1. The molecule has 2 fully saturated rings. The van der Waals surface area contributed by atoms with Crippen LogP contribution in [-0.2, 0) is 4.74 Å². The molecule has 1 aromatic carbocycles. The maximum absolute atomic E-state index is 12.0. The normalized spacial score (nSPS) is 22.2. The first-order valence-corrected chi connectivity index (χ1v) is 7.28. The second kappa shape index (κ2) is 4.39. The molecule has 0 aromatic heterocycles. The standard InChI is InChI=1S/C13H16N2O2S/c14-10-3-1-2-4-11(10)15-9-13(17-12(15)16)5-7-18-8-6-13/h1-4H,5-9,14H2. The Kier molecular flexibility index (Phi) is 2.86. The highest BCUT2D eigenvalue weighted by atomic mass is 32.2. The predicted molar refractivity (Wildman–Crippen MR) is 74.0 cm³/mol. The molecule has 0 saturated carbocycles. The fourth-order valence-electron chi connectivity index (χ4n) is 2.55. The van der Waals surface area contributed by atoms with E-state index in [0.717, 1.165) is 30.0 Å². The van der Waals surface area contributed by atoms with Gasteiger partial charge >= 0.3 is 6.09 Å². The third-order valence-electron chi connectivity index (χ3n) is 3.60. The van der Waals surface area contributed by atoms with Crippen molar-refractivity contribution in [3.8, 4) is 0 Å². The topological polar surface area (TPSA) is 55.6 Å². The maximum Gasteiger partial charge on any atom is 0.415 e. The van der Waals surface area contributed by atoms with Gasteiger partial charge in [-0.2, -0.15) is 11.8 Å². The molecule has 2 aliphatic heterocycles. The van der Waals surface area contributed by atoms with Crippen molar-refractivity contribution >= 4 is 29.2 Å². The summed E-state index contributed by atoms with van der Waals surface area (Å²) in [7, 11) is 0. The Morgan fingerprint density at radius 3 is 2.72 bits per heavy atom. The number of hydrogen-bond donors (Lipinski definition) is 1. The van der Waals surface area contributed by atoms with Crippen molar-refractivity contribution in [3.63, 3.8) is 0 Å². The zero-order chi connectivity index (χ0) is 12.6. The van der Waals surface area contributed by atoms with E-state index in [9.17, 15) is 4.79 Å². The Hall–Kier alpha value is -1.36. The molecule has 2 saturated heterocycles. The van der Waals surface area contributed by atoms with Crippen LogP contribution in [0, 0.1) is 0 Å². The Morgan fingerprint density at radius 2 is 2.00 bits per heavy atom. The molecule has 2 aliphatic rings. The van der Waals surface area contributed by atoms with Crippen molar-refractivity contribution in [2.75, 3.05) is 28.7 Å². The summed E-state index contributed by atoms with van der Waals surface area (Å²) in [4.78, 5) is 13.7. The molecule has 96 valence electrons. The summed E-state index contributed by atoms with van der Waals surface area (Å²) in [5, 5.41) is 0. The monoisotopic (exact) mass is 264 g/mol. The lowest BCUT2D eigenvalue weighted by Gasteiger charge is -2.30. The summed E-state index contributed by atoms with van der Waals surface area (Å²) in [6.45, 7) is 0.626. The van der Waals surface area contributed by atoms with Crippen LogP contribution in [0.1, 0.15) is 12.8 Å². The summed E-state index contributed by atoms with van der Waals surface area (Å²) < 4.78 is 5.63. The first-order chi connectivity index (χ1) is 8.70. The third kappa shape index (κ3) is 1.92. The van der Waals surface area contributed by atoms with Crippen LogP contribution >= 0.6 is 11.8 Å². The molecule has 0 bridgehead atoms. The van der Waals surface area contributed by atoms with Gasteiger partial charge in [0.05, 0.1) is 17.9 Å². The Morgan fingerprint density at radius 1 is 1.28 bits per heavy atom. The summed E-state index contributed by atoms with van der Waals surface area (Å²) >= 11 is 1.92. The number of thioether (sulfide) groups is 1. The van der Waals surface area contributed by atoms with Gasteiger partial charge in [0.1, 0.15) is 5.60 Å². The molecular weight excluding hydrogens is 248 g/mol. The fraction of sp³-hybridized carbons (Fsp3) is 0.462. The number of anilines is 2. The van der Waals surface area contributed by atoms with E-state index in [2.05, 4.69) is 0 Å². The molecule has 0 aliphatic carbocycles. The number of para-hydroxylation sites is 2. The van der Waals surface area contributed by atoms with E-state index in [1.807, 2.05) is 36.0 Å². The molecule has 2 heterocycles. The van der Waals surface area contributed by atoms with Crippen LogP contribution in [0.4, 0.5) is 16.2 Å². The van der Waals surface area contributed by atoms with Crippen LogP contribution in [0.5, 0.6) is 0 Å². The van der Waals surface area contributed by atoms with Gasteiger partial charge < -0.3 is 10.5 Å². The zero-order valence-electron chi connectivity index (χ0n) is 10.1. The summed E-state index contributed by atoms with van der Waals surface area (Å²) in [6, 6.07) is 7.44. The minimum atomic E-state index is -0.287. The van der Waals surface area contributed by atoms with Crippen LogP contribution in [0.25, 0.3) is 0 Å². The predicted octanol–water partition coefficient (Wildman–Crippen LogP) is 2.49. The van der Waals surface area contributed by atoms with Crippen molar-refractivity contribution < 1.29 is 9.53 Å². The van der Waals surface area contributed by atoms with Crippen LogP contribution in [0.2, 0.25) is 0 Å². The summed E-state index contributed by atoms with van der Waals surface area (Å²) in [5.74, 6) is 2.12. The second-order valence-corrected chi connectivity index (χ2v) is 6.03.